The third kappa shape index (κ3) is 12.3. The largest absolute Gasteiger partial charge is 0.478 e. The summed E-state index contributed by atoms with van der Waals surface area (Å²) in [4.78, 5) is 20.4. The van der Waals surface area contributed by atoms with Gasteiger partial charge in [-0.15, -0.1) is 0 Å². The van der Waals surface area contributed by atoms with Crippen molar-refractivity contribution in [2.45, 2.75) is 26.1 Å². The Bertz CT molecular complexity index is 651. The first-order valence-electron chi connectivity index (χ1n) is 7.68. The van der Waals surface area contributed by atoms with Gasteiger partial charge in [0.15, 0.2) is 0 Å². The number of hydrogen-bond donors (Lipinski definition) is 4. The molecule has 0 spiro atoms. The van der Waals surface area contributed by atoms with Crippen LogP contribution >= 0.6 is 0 Å². The number of aromatic carboxylic acids is 2. The molecule has 0 saturated carbocycles. The monoisotopic (exact) mass is 358 g/mol. The fraction of sp³-hybridized carbons (Fsp3) is 0.200. The average Bonchev–Trinajstić information content (AvgIpc) is 2.62. The van der Waals surface area contributed by atoms with Crippen LogP contribution in [0.2, 0.25) is 0 Å². The highest BCUT2D eigenvalue weighted by Gasteiger charge is 1.97. The third-order valence-electron chi connectivity index (χ3n) is 2.54. The van der Waals surface area contributed by atoms with Gasteiger partial charge in [-0.2, -0.15) is 0 Å². The van der Waals surface area contributed by atoms with Gasteiger partial charge in [-0.3, -0.25) is 0 Å². The molecule has 6 heteroatoms. The van der Waals surface area contributed by atoms with Gasteiger partial charge < -0.3 is 20.4 Å². The van der Waals surface area contributed by atoms with Crippen molar-refractivity contribution >= 4 is 11.9 Å². The van der Waals surface area contributed by atoms with E-state index in [-0.39, 0.29) is 0 Å². The minimum atomic E-state index is -0.879. The van der Waals surface area contributed by atoms with Gasteiger partial charge >= 0.3 is 11.9 Å². The first-order valence-corrected chi connectivity index (χ1v) is 7.68. The summed E-state index contributed by atoms with van der Waals surface area (Å²) in [7, 11) is 0. The van der Waals surface area contributed by atoms with E-state index in [2.05, 4.69) is 11.8 Å². The van der Waals surface area contributed by atoms with Crippen LogP contribution in [-0.2, 0) is 0 Å². The van der Waals surface area contributed by atoms with E-state index in [9.17, 15) is 9.59 Å². The lowest BCUT2D eigenvalue weighted by Crippen LogP contribution is -1.98. The number of benzene rings is 2. The van der Waals surface area contributed by atoms with Crippen LogP contribution in [0.1, 0.15) is 34.6 Å². The number of hydrogen-bond acceptors (Lipinski definition) is 4. The maximum Gasteiger partial charge on any atom is 0.335 e. The molecule has 0 aliphatic rings. The second kappa shape index (κ2) is 13.2. The summed E-state index contributed by atoms with van der Waals surface area (Å²) in [6.45, 7) is 3.10. The molecule has 2 rings (SSSR count). The van der Waals surface area contributed by atoms with Crippen LogP contribution in [0.5, 0.6) is 0 Å². The summed E-state index contributed by atoms with van der Waals surface area (Å²) in [6, 6.07) is 16.6. The minimum absolute atomic E-state index is 0.331. The van der Waals surface area contributed by atoms with Crippen LogP contribution in [0.3, 0.4) is 0 Å². The molecule has 2 atom stereocenters. The van der Waals surface area contributed by atoms with Gasteiger partial charge in [0, 0.05) is 0 Å². The molecule has 2 aromatic rings. The molecule has 0 bridgehead atoms. The molecule has 26 heavy (non-hydrogen) atoms. The highest BCUT2D eigenvalue weighted by molar-refractivity contribution is 5.87. The van der Waals surface area contributed by atoms with Gasteiger partial charge in [-0.05, 0) is 38.1 Å². The van der Waals surface area contributed by atoms with Crippen molar-refractivity contribution in [3.63, 3.8) is 0 Å². The topological polar surface area (TPSA) is 115 Å². The van der Waals surface area contributed by atoms with Crippen LogP contribution in [0.25, 0.3) is 0 Å². The summed E-state index contributed by atoms with van der Waals surface area (Å²) in [5.74, 6) is 3.04. The third-order valence-corrected chi connectivity index (χ3v) is 2.54. The Morgan fingerprint density at radius 2 is 0.962 bits per heavy atom. The summed E-state index contributed by atoms with van der Waals surface area (Å²) in [5.41, 5.74) is 0.662. The molecule has 0 heterocycles. The smallest absolute Gasteiger partial charge is 0.335 e. The standard InChI is InChI=1S/2C7H6O2.C6H10O2/c2*8-7(9)6-4-2-1-3-5-6;1-5(7)3-4-6(2)8/h2*1-5H,(H,8,9);5-8H,1-2H3. The second-order valence-corrected chi connectivity index (χ2v) is 4.98. The van der Waals surface area contributed by atoms with E-state index in [0.29, 0.717) is 11.1 Å². The summed E-state index contributed by atoms with van der Waals surface area (Å²) < 4.78 is 0. The lowest BCUT2D eigenvalue weighted by Gasteiger charge is -1.89. The van der Waals surface area contributed by atoms with Crippen LogP contribution in [-0.4, -0.2) is 44.6 Å². The molecule has 2 unspecified atom stereocenters. The van der Waals surface area contributed by atoms with E-state index in [1.165, 1.54) is 0 Å². The summed E-state index contributed by atoms with van der Waals surface area (Å²) in [6.07, 6.45) is -1.27. The van der Waals surface area contributed by atoms with E-state index >= 15 is 0 Å². The average molecular weight is 358 g/mol. The number of aliphatic hydroxyl groups excluding tert-OH is 2. The van der Waals surface area contributed by atoms with Crippen LogP contribution < -0.4 is 0 Å². The molecular weight excluding hydrogens is 336 g/mol. The molecule has 2 aromatic carbocycles. The zero-order valence-corrected chi connectivity index (χ0v) is 14.5. The number of rotatable bonds is 2. The first kappa shape index (κ1) is 22.9. The van der Waals surface area contributed by atoms with Crippen LogP contribution in [0.15, 0.2) is 60.7 Å². The van der Waals surface area contributed by atoms with E-state index in [1.807, 2.05) is 0 Å². The Kier molecular flexibility index (Phi) is 11.6. The van der Waals surface area contributed by atoms with Gasteiger partial charge in [-0.1, -0.05) is 48.2 Å². The van der Waals surface area contributed by atoms with E-state index in [4.69, 9.17) is 20.4 Å². The predicted molar refractivity (Wildman–Crippen MR) is 97.9 cm³/mol. The zero-order chi connectivity index (χ0) is 19.9. The Balaban J connectivity index is 0.000000362. The SMILES string of the molecule is CC(O)C#CC(C)O.O=C(O)c1ccccc1.O=C(O)c1ccccc1. The Hall–Kier alpha value is -3.14. The Morgan fingerprint density at radius 1 is 0.692 bits per heavy atom. The highest BCUT2D eigenvalue weighted by atomic mass is 16.4. The fourth-order valence-corrected chi connectivity index (χ4v) is 1.40. The van der Waals surface area contributed by atoms with Gasteiger partial charge in [0.05, 0.1) is 11.1 Å². The number of carboxylic acid groups (broad SMARTS) is 2. The maximum atomic E-state index is 10.2. The van der Waals surface area contributed by atoms with Crippen molar-refractivity contribution in [3.05, 3.63) is 71.8 Å². The van der Waals surface area contributed by atoms with Crippen LogP contribution in [0.4, 0.5) is 0 Å². The number of carboxylic acids is 2. The molecule has 0 aliphatic heterocycles. The van der Waals surface area contributed by atoms with Crippen molar-refractivity contribution < 1.29 is 30.0 Å². The normalized spacial score (nSPS) is 11.1. The Morgan fingerprint density at radius 3 is 1.12 bits per heavy atom. The fourth-order valence-electron chi connectivity index (χ4n) is 1.40. The van der Waals surface area contributed by atoms with Gasteiger partial charge in [-0.25, -0.2) is 9.59 Å². The number of carbonyl (C=O) groups is 2. The van der Waals surface area contributed by atoms with E-state index in [0.717, 1.165) is 0 Å². The van der Waals surface area contributed by atoms with Crippen molar-refractivity contribution in [1.29, 1.82) is 0 Å². The lowest BCUT2D eigenvalue weighted by atomic mass is 10.2. The van der Waals surface area contributed by atoms with Crippen molar-refractivity contribution in [2.75, 3.05) is 0 Å². The van der Waals surface area contributed by atoms with Crippen LogP contribution in [0, 0.1) is 11.8 Å². The van der Waals surface area contributed by atoms with Crippen molar-refractivity contribution in [2.24, 2.45) is 0 Å². The van der Waals surface area contributed by atoms with E-state index < -0.39 is 24.1 Å². The number of aliphatic hydroxyl groups is 2. The molecule has 0 saturated heterocycles. The molecule has 0 radical (unpaired) electrons. The highest BCUT2D eigenvalue weighted by Crippen LogP contribution is 1.96. The minimum Gasteiger partial charge on any atom is -0.478 e. The van der Waals surface area contributed by atoms with Gasteiger partial charge in [0.1, 0.15) is 12.2 Å². The van der Waals surface area contributed by atoms with Gasteiger partial charge in [0.2, 0.25) is 0 Å². The second-order valence-electron chi connectivity index (χ2n) is 4.98. The molecule has 138 valence electrons. The molecular formula is C20H22O6. The molecule has 4 N–H and O–H groups in total. The van der Waals surface area contributed by atoms with Crippen molar-refractivity contribution in [3.8, 4) is 11.8 Å². The maximum absolute atomic E-state index is 10.2. The quantitative estimate of drug-likeness (QED) is 0.613. The molecule has 6 nitrogen and oxygen atoms in total. The predicted octanol–water partition coefficient (Wildman–Crippen LogP) is 2.52. The molecule has 0 aliphatic carbocycles. The van der Waals surface area contributed by atoms with Crippen molar-refractivity contribution in [1.82, 2.24) is 0 Å². The summed E-state index contributed by atoms with van der Waals surface area (Å²) in [5, 5.41) is 33.8. The molecule has 0 amide bonds. The first-order chi connectivity index (χ1) is 12.2. The lowest BCUT2D eigenvalue weighted by molar-refractivity contribution is 0.0686. The molecule has 0 aromatic heterocycles. The molecule has 0 fully saturated rings. The Labute approximate surface area is 152 Å². The van der Waals surface area contributed by atoms with Gasteiger partial charge in [0.25, 0.3) is 0 Å². The van der Waals surface area contributed by atoms with E-state index in [1.54, 1.807) is 74.5 Å². The summed E-state index contributed by atoms with van der Waals surface area (Å²) >= 11 is 0. The zero-order valence-electron chi connectivity index (χ0n) is 14.5.